The van der Waals surface area contributed by atoms with Crippen LogP contribution < -0.4 is 10.0 Å². The van der Waals surface area contributed by atoms with E-state index >= 15 is 0 Å². The minimum atomic E-state index is -3.57. The van der Waals surface area contributed by atoms with Gasteiger partial charge in [-0.3, -0.25) is 9.59 Å². The predicted octanol–water partition coefficient (Wildman–Crippen LogP) is 1.54. The van der Waals surface area contributed by atoms with Crippen molar-refractivity contribution in [2.75, 3.05) is 12.4 Å². The van der Waals surface area contributed by atoms with Gasteiger partial charge in [0.1, 0.15) is 5.78 Å². The monoisotopic (exact) mass is 312 g/mol. The fourth-order valence-corrected chi connectivity index (χ4v) is 2.25. The molecule has 6 nitrogen and oxygen atoms in total. The predicted molar refractivity (Wildman–Crippen MR) is 80.4 cm³/mol. The van der Waals surface area contributed by atoms with E-state index in [1.165, 1.54) is 25.2 Å². The van der Waals surface area contributed by atoms with Gasteiger partial charge in [-0.25, -0.2) is 13.1 Å². The molecule has 2 N–H and O–H groups in total. The first kappa shape index (κ1) is 17.3. The Bertz CT molecular complexity index is 645. The van der Waals surface area contributed by atoms with Crippen molar-refractivity contribution in [1.82, 2.24) is 4.72 Å². The van der Waals surface area contributed by atoms with Crippen molar-refractivity contribution < 1.29 is 18.0 Å². The SMILES string of the molecule is CNS(=O)(=O)c1cccc(NC(=O)CC(=O)C(C)(C)C)c1. The van der Waals surface area contributed by atoms with Crippen LogP contribution in [0.3, 0.4) is 0 Å². The summed E-state index contributed by atoms with van der Waals surface area (Å²) in [5, 5.41) is 2.53. The molecule has 1 rings (SSSR count). The summed E-state index contributed by atoms with van der Waals surface area (Å²) in [6.07, 6.45) is -0.244. The number of nitrogens with one attached hydrogen (secondary N) is 2. The summed E-state index contributed by atoms with van der Waals surface area (Å²) in [5.41, 5.74) is -0.257. The van der Waals surface area contributed by atoms with Crippen LogP contribution >= 0.6 is 0 Å². The van der Waals surface area contributed by atoms with E-state index in [9.17, 15) is 18.0 Å². The zero-order valence-electron chi connectivity index (χ0n) is 12.6. The Morgan fingerprint density at radius 3 is 2.33 bits per heavy atom. The van der Waals surface area contributed by atoms with E-state index < -0.39 is 21.3 Å². The molecule has 0 unspecified atom stereocenters. The van der Waals surface area contributed by atoms with E-state index in [0.29, 0.717) is 5.69 Å². The van der Waals surface area contributed by atoms with E-state index in [1.54, 1.807) is 26.8 Å². The first-order valence-corrected chi connectivity index (χ1v) is 7.91. The third-order valence-electron chi connectivity index (χ3n) is 2.85. The molecule has 0 saturated carbocycles. The highest BCUT2D eigenvalue weighted by atomic mass is 32.2. The van der Waals surface area contributed by atoms with Crippen LogP contribution in [-0.2, 0) is 19.6 Å². The van der Waals surface area contributed by atoms with Gasteiger partial charge in [-0.05, 0) is 25.2 Å². The summed E-state index contributed by atoms with van der Waals surface area (Å²) in [5.74, 6) is -0.645. The van der Waals surface area contributed by atoms with Gasteiger partial charge in [-0.15, -0.1) is 0 Å². The van der Waals surface area contributed by atoms with Crippen molar-refractivity contribution in [3.05, 3.63) is 24.3 Å². The Morgan fingerprint density at radius 2 is 1.81 bits per heavy atom. The third kappa shape index (κ3) is 4.95. The Hall–Kier alpha value is -1.73. The van der Waals surface area contributed by atoms with Gasteiger partial charge < -0.3 is 5.32 Å². The van der Waals surface area contributed by atoms with Gasteiger partial charge in [-0.1, -0.05) is 26.8 Å². The van der Waals surface area contributed by atoms with E-state index in [4.69, 9.17) is 0 Å². The van der Waals surface area contributed by atoms with Crippen molar-refractivity contribution in [3.8, 4) is 0 Å². The Kier molecular flexibility index (Phi) is 5.25. The number of hydrogen-bond donors (Lipinski definition) is 2. The number of rotatable bonds is 5. The smallest absolute Gasteiger partial charge is 0.240 e. The fourth-order valence-electron chi connectivity index (χ4n) is 1.48. The first-order chi connectivity index (χ1) is 9.56. The molecule has 1 amide bonds. The molecule has 116 valence electrons. The number of anilines is 1. The molecule has 0 atom stereocenters. The highest BCUT2D eigenvalue weighted by molar-refractivity contribution is 7.89. The zero-order chi connectivity index (χ0) is 16.3. The third-order valence-corrected chi connectivity index (χ3v) is 4.27. The maximum atomic E-state index is 11.8. The molecule has 0 aromatic heterocycles. The number of hydrogen-bond acceptors (Lipinski definition) is 4. The summed E-state index contributed by atoms with van der Waals surface area (Å²) >= 11 is 0. The summed E-state index contributed by atoms with van der Waals surface area (Å²) in [7, 11) is -2.26. The molecule has 0 saturated heterocycles. The van der Waals surface area contributed by atoms with Crippen molar-refractivity contribution in [1.29, 1.82) is 0 Å². The topological polar surface area (TPSA) is 92.3 Å². The van der Waals surface area contributed by atoms with Gasteiger partial charge in [0, 0.05) is 11.1 Å². The summed E-state index contributed by atoms with van der Waals surface area (Å²) < 4.78 is 25.5. The van der Waals surface area contributed by atoms with Gasteiger partial charge in [-0.2, -0.15) is 0 Å². The van der Waals surface area contributed by atoms with Crippen LogP contribution in [0.15, 0.2) is 29.2 Å². The zero-order valence-corrected chi connectivity index (χ0v) is 13.4. The van der Waals surface area contributed by atoms with Gasteiger partial charge >= 0.3 is 0 Å². The second-order valence-electron chi connectivity index (χ2n) is 5.63. The molecule has 0 spiro atoms. The second kappa shape index (κ2) is 6.36. The summed E-state index contributed by atoms with van der Waals surface area (Å²) in [6.45, 7) is 5.22. The fraction of sp³-hybridized carbons (Fsp3) is 0.429. The van der Waals surface area contributed by atoms with Crippen LogP contribution in [0.1, 0.15) is 27.2 Å². The summed E-state index contributed by atoms with van der Waals surface area (Å²) in [6, 6.07) is 5.84. The minimum Gasteiger partial charge on any atom is -0.326 e. The molecule has 0 heterocycles. The van der Waals surface area contributed by atoms with Crippen molar-refractivity contribution >= 4 is 27.4 Å². The molecule has 1 aromatic carbocycles. The van der Waals surface area contributed by atoms with E-state index in [1.807, 2.05) is 0 Å². The van der Waals surface area contributed by atoms with Crippen LogP contribution in [0, 0.1) is 5.41 Å². The van der Waals surface area contributed by atoms with E-state index in [0.717, 1.165) is 0 Å². The summed E-state index contributed by atoms with van der Waals surface area (Å²) in [4.78, 5) is 23.6. The van der Waals surface area contributed by atoms with Gasteiger partial charge in [0.05, 0.1) is 11.3 Å². The lowest BCUT2D eigenvalue weighted by Crippen LogP contribution is -2.26. The van der Waals surface area contributed by atoms with Crippen molar-refractivity contribution in [2.45, 2.75) is 32.1 Å². The molecule has 0 bridgehead atoms. The largest absolute Gasteiger partial charge is 0.326 e. The molecule has 21 heavy (non-hydrogen) atoms. The molecule has 0 radical (unpaired) electrons. The maximum absolute atomic E-state index is 11.8. The lowest BCUT2D eigenvalue weighted by atomic mass is 9.89. The number of carbonyl (C=O) groups excluding carboxylic acids is 2. The van der Waals surface area contributed by atoms with Gasteiger partial charge in [0.25, 0.3) is 0 Å². The van der Waals surface area contributed by atoms with Crippen molar-refractivity contribution in [2.24, 2.45) is 5.41 Å². The average Bonchev–Trinajstić information content (AvgIpc) is 2.37. The van der Waals surface area contributed by atoms with E-state index in [2.05, 4.69) is 10.0 Å². The molecule has 0 aliphatic heterocycles. The molecule has 0 fully saturated rings. The Balaban J connectivity index is 2.83. The van der Waals surface area contributed by atoms with Crippen LogP contribution in [0.25, 0.3) is 0 Å². The van der Waals surface area contributed by atoms with Crippen LogP contribution in [-0.4, -0.2) is 27.2 Å². The molecule has 0 aliphatic carbocycles. The number of benzene rings is 1. The Morgan fingerprint density at radius 1 is 1.19 bits per heavy atom. The highest BCUT2D eigenvalue weighted by Gasteiger charge is 2.23. The van der Waals surface area contributed by atoms with Crippen LogP contribution in [0.2, 0.25) is 0 Å². The average molecular weight is 312 g/mol. The number of Topliss-reactive ketones (excluding diaryl/α,β-unsaturated/α-hetero) is 1. The number of carbonyl (C=O) groups is 2. The molecule has 1 aromatic rings. The highest BCUT2D eigenvalue weighted by Crippen LogP contribution is 2.18. The number of amides is 1. The standard InChI is InChI=1S/C14H20N2O4S/c1-14(2,3)12(17)9-13(18)16-10-6-5-7-11(8-10)21(19,20)15-4/h5-8,15H,9H2,1-4H3,(H,16,18). The lowest BCUT2D eigenvalue weighted by Gasteiger charge is -2.16. The molecular weight excluding hydrogens is 292 g/mol. The van der Waals surface area contributed by atoms with Crippen LogP contribution in [0.5, 0.6) is 0 Å². The van der Waals surface area contributed by atoms with Gasteiger partial charge in [0.2, 0.25) is 15.9 Å². The lowest BCUT2D eigenvalue weighted by molar-refractivity contribution is -0.130. The van der Waals surface area contributed by atoms with Crippen molar-refractivity contribution in [3.63, 3.8) is 0 Å². The first-order valence-electron chi connectivity index (χ1n) is 6.43. The van der Waals surface area contributed by atoms with E-state index in [-0.39, 0.29) is 17.1 Å². The molecule has 0 aliphatic rings. The Labute approximate surface area is 125 Å². The number of ketones is 1. The normalized spacial score (nSPS) is 12.0. The molecular formula is C14H20N2O4S. The number of sulfonamides is 1. The molecule has 7 heteroatoms. The maximum Gasteiger partial charge on any atom is 0.240 e. The van der Waals surface area contributed by atoms with Gasteiger partial charge in [0.15, 0.2) is 0 Å². The second-order valence-corrected chi connectivity index (χ2v) is 7.52. The van der Waals surface area contributed by atoms with Crippen LogP contribution in [0.4, 0.5) is 5.69 Å². The minimum absolute atomic E-state index is 0.0462. The quantitative estimate of drug-likeness (QED) is 0.807.